The van der Waals surface area contributed by atoms with Crippen molar-refractivity contribution in [2.45, 2.75) is 22.7 Å². The maximum absolute atomic E-state index is 13.9. The highest BCUT2D eigenvalue weighted by Crippen LogP contribution is 2.53. The highest BCUT2D eigenvalue weighted by molar-refractivity contribution is 9.10. The smallest absolute Gasteiger partial charge is 0.308 e. The van der Waals surface area contributed by atoms with Gasteiger partial charge in [-0.1, -0.05) is 92.6 Å². The van der Waals surface area contributed by atoms with Crippen LogP contribution in [0.2, 0.25) is 10.0 Å². The molecule has 40 heavy (non-hydrogen) atoms. The lowest BCUT2D eigenvalue weighted by atomic mass is 9.83. The molecule has 2 aliphatic heterocycles. The van der Waals surface area contributed by atoms with E-state index in [9.17, 15) is 19.2 Å². The number of hydrogen-bond donors (Lipinski definition) is 1. The molecule has 0 spiro atoms. The molecular formula is C28H18BrCl2N3O4S2. The van der Waals surface area contributed by atoms with Gasteiger partial charge in [-0.25, -0.2) is 4.90 Å². The number of hydrogen-bond acceptors (Lipinski definition) is 6. The van der Waals surface area contributed by atoms with Crippen LogP contribution in [0.4, 0.5) is 11.4 Å². The molecule has 0 saturated carbocycles. The molecule has 4 aromatic rings. The highest BCUT2D eigenvalue weighted by Gasteiger charge is 2.56. The van der Waals surface area contributed by atoms with Gasteiger partial charge in [-0.05, 0) is 48.0 Å². The Kier molecular flexibility index (Phi) is 7.39. The van der Waals surface area contributed by atoms with Crippen LogP contribution in [0.15, 0.2) is 87.1 Å². The standard InChI is InChI=1S/C28H18BrCl2N3O4S2/c29-15-6-9-17(10-7-15)34-25(36)22-21(14-4-2-1-3-5-14)24-27(39-23(22)26(34)37)33(28(38)40-24)13-20(35)32-16-8-11-18(30)19(31)12-16/h1-12,21-23H,13H2,(H,32,35)/t21-,22?,23?/m1/s1. The van der Waals surface area contributed by atoms with Gasteiger partial charge in [-0.15, -0.1) is 0 Å². The van der Waals surface area contributed by atoms with Gasteiger partial charge >= 0.3 is 4.87 Å². The van der Waals surface area contributed by atoms with Crippen LogP contribution in [-0.2, 0) is 20.9 Å². The van der Waals surface area contributed by atoms with E-state index in [1.165, 1.54) is 27.3 Å². The summed E-state index contributed by atoms with van der Waals surface area (Å²) in [7, 11) is 0. The molecule has 3 atom stereocenters. The fourth-order valence-electron chi connectivity index (χ4n) is 5.04. The zero-order valence-electron chi connectivity index (χ0n) is 20.3. The largest absolute Gasteiger partial charge is 0.324 e. The second-order valence-electron chi connectivity index (χ2n) is 9.24. The summed E-state index contributed by atoms with van der Waals surface area (Å²) in [5, 5.41) is 3.15. The first kappa shape index (κ1) is 27.3. The van der Waals surface area contributed by atoms with Crippen molar-refractivity contribution >= 4 is 91.3 Å². The van der Waals surface area contributed by atoms with Gasteiger partial charge in [0.1, 0.15) is 11.8 Å². The van der Waals surface area contributed by atoms with Crippen LogP contribution < -0.4 is 15.1 Å². The summed E-state index contributed by atoms with van der Waals surface area (Å²) in [6, 6.07) is 21.1. The minimum Gasteiger partial charge on any atom is -0.324 e. The van der Waals surface area contributed by atoms with Crippen molar-refractivity contribution in [1.82, 2.24) is 4.57 Å². The van der Waals surface area contributed by atoms with Gasteiger partial charge in [0.15, 0.2) is 0 Å². The van der Waals surface area contributed by atoms with Gasteiger partial charge < -0.3 is 5.32 Å². The predicted molar refractivity (Wildman–Crippen MR) is 162 cm³/mol. The molecule has 2 unspecified atom stereocenters. The first-order chi connectivity index (χ1) is 19.2. The van der Waals surface area contributed by atoms with E-state index < -0.39 is 23.0 Å². The average molecular weight is 675 g/mol. The van der Waals surface area contributed by atoms with Gasteiger partial charge in [0.05, 0.1) is 26.7 Å². The van der Waals surface area contributed by atoms with E-state index in [1.54, 1.807) is 36.4 Å². The fourth-order valence-corrected chi connectivity index (χ4v) is 8.37. The number of rotatable bonds is 5. The molecule has 0 bridgehead atoms. The van der Waals surface area contributed by atoms with Crippen molar-refractivity contribution in [3.05, 3.63) is 107 Å². The van der Waals surface area contributed by atoms with Crippen molar-refractivity contribution < 1.29 is 14.4 Å². The Balaban J connectivity index is 1.39. The van der Waals surface area contributed by atoms with Gasteiger partial charge in [-0.2, -0.15) is 0 Å². The first-order valence-corrected chi connectivity index (χ1v) is 15.3. The third-order valence-electron chi connectivity index (χ3n) is 6.80. The molecule has 202 valence electrons. The molecule has 3 aromatic carbocycles. The van der Waals surface area contributed by atoms with E-state index in [2.05, 4.69) is 21.2 Å². The van der Waals surface area contributed by atoms with Gasteiger partial charge in [0.25, 0.3) is 0 Å². The molecule has 6 rings (SSSR count). The molecule has 1 fully saturated rings. The highest BCUT2D eigenvalue weighted by atomic mass is 79.9. The summed E-state index contributed by atoms with van der Waals surface area (Å²) in [5.74, 6) is -2.32. The van der Waals surface area contributed by atoms with Crippen molar-refractivity contribution in [3.8, 4) is 0 Å². The first-order valence-electron chi connectivity index (χ1n) is 12.1. The molecule has 12 heteroatoms. The van der Waals surface area contributed by atoms with Crippen LogP contribution in [0.3, 0.4) is 0 Å². The number of fused-ring (bicyclic) bond motifs is 2. The fraction of sp³-hybridized carbons (Fsp3) is 0.143. The van der Waals surface area contributed by atoms with Gasteiger partial charge in [0, 0.05) is 21.0 Å². The van der Waals surface area contributed by atoms with E-state index >= 15 is 0 Å². The summed E-state index contributed by atoms with van der Waals surface area (Å²) in [4.78, 5) is 55.4. The lowest BCUT2D eigenvalue weighted by Gasteiger charge is -2.30. The Bertz CT molecular complexity index is 1730. The summed E-state index contributed by atoms with van der Waals surface area (Å²) < 4.78 is 2.21. The van der Waals surface area contributed by atoms with Crippen molar-refractivity contribution in [1.29, 1.82) is 0 Å². The molecule has 0 radical (unpaired) electrons. The third kappa shape index (κ3) is 4.81. The Morgan fingerprint density at radius 1 is 0.925 bits per heavy atom. The molecule has 1 aromatic heterocycles. The zero-order chi connectivity index (χ0) is 28.1. The third-order valence-corrected chi connectivity index (χ3v) is 10.7. The maximum Gasteiger partial charge on any atom is 0.308 e. The van der Waals surface area contributed by atoms with Crippen LogP contribution in [-0.4, -0.2) is 27.5 Å². The van der Waals surface area contributed by atoms with E-state index in [1.807, 2.05) is 30.3 Å². The summed E-state index contributed by atoms with van der Waals surface area (Å²) in [6.45, 7) is -0.268. The Labute approximate surface area is 255 Å². The number of aromatic nitrogens is 1. The number of thioether (sulfide) groups is 1. The Morgan fingerprint density at radius 3 is 2.35 bits per heavy atom. The molecular weight excluding hydrogens is 657 g/mol. The van der Waals surface area contributed by atoms with Crippen LogP contribution >= 0.6 is 62.2 Å². The number of benzene rings is 3. The minimum absolute atomic E-state index is 0.268. The van der Waals surface area contributed by atoms with Gasteiger partial charge in [0.2, 0.25) is 17.7 Å². The van der Waals surface area contributed by atoms with Crippen LogP contribution in [0.5, 0.6) is 0 Å². The van der Waals surface area contributed by atoms with E-state index in [4.69, 9.17) is 23.2 Å². The number of nitrogens with one attached hydrogen (secondary N) is 1. The number of carbonyl (C=O) groups is 3. The number of carbonyl (C=O) groups excluding carboxylic acids is 3. The van der Waals surface area contributed by atoms with Crippen LogP contribution in [0, 0.1) is 5.92 Å². The number of halogens is 3. The molecule has 3 heterocycles. The Morgan fingerprint density at radius 2 is 1.65 bits per heavy atom. The lowest BCUT2D eigenvalue weighted by molar-refractivity contribution is -0.122. The molecule has 7 nitrogen and oxygen atoms in total. The molecule has 1 N–H and O–H groups in total. The SMILES string of the molecule is O=C(Cn1c2c(sc1=O)[C@H](c1ccccc1)C1C(=O)N(c3ccc(Br)cc3)C(=O)C1S2)Nc1ccc(Cl)c(Cl)c1. The molecule has 3 amide bonds. The van der Waals surface area contributed by atoms with Crippen LogP contribution in [0.25, 0.3) is 0 Å². The van der Waals surface area contributed by atoms with Crippen molar-refractivity contribution in [3.63, 3.8) is 0 Å². The topological polar surface area (TPSA) is 88.5 Å². The number of imide groups is 1. The monoisotopic (exact) mass is 673 g/mol. The number of anilines is 2. The molecule has 0 aliphatic carbocycles. The summed E-state index contributed by atoms with van der Waals surface area (Å²) >= 11 is 17.6. The van der Waals surface area contributed by atoms with Crippen molar-refractivity contribution in [2.24, 2.45) is 5.92 Å². The number of amides is 3. The zero-order valence-corrected chi connectivity index (χ0v) is 25.1. The summed E-state index contributed by atoms with van der Waals surface area (Å²) in [5.41, 5.74) is 1.75. The van der Waals surface area contributed by atoms with Gasteiger partial charge in [-0.3, -0.25) is 23.7 Å². The second kappa shape index (κ2) is 10.8. The predicted octanol–water partition coefficient (Wildman–Crippen LogP) is 6.41. The quantitative estimate of drug-likeness (QED) is 0.247. The molecule has 2 aliphatic rings. The second-order valence-corrected chi connectivity index (χ2v) is 13.1. The lowest BCUT2D eigenvalue weighted by Crippen LogP contribution is -2.33. The Hall–Kier alpha value is -2.89. The van der Waals surface area contributed by atoms with Crippen molar-refractivity contribution in [2.75, 3.05) is 10.2 Å². The average Bonchev–Trinajstić information content (AvgIpc) is 3.38. The number of nitrogens with zero attached hydrogens (tertiary/aromatic N) is 2. The molecule has 1 saturated heterocycles. The van der Waals surface area contributed by atoms with E-state index in [0.29, 0.717) is 26.3 Å². The summed E-state index contributed by atoms with van der Waals surface area (Å²) in [6.07, 6.45) is 0. The van der Waals surface area contributed by atoms with Crippen LogP contribution in [0.1, 0.15) is 16.4 Å². The van der Waals surface area contributed by atoms with E-state index in [0.717, 1.165) is 21.4 Å². The maximum atomic E-state index is 13.9. The van der Waals surface area contributed by atoms with E-state index in [-0.39, 0.29) is 28.3 Å². The number of thiazole rings is 1. The minimum atomic E-state index is -0.757. The normalized spacial score (nSPS) is 19.9.